The van der Waals surface area contributed by atoms with Crippen LogP contribution in [-0.4, -0.2) is 37.0 Å². The van der Waals surface area contributed by atoms with E-state index in [1.165, 1.54) is 257 Å². The minimum Gasteiger partial charge on any atom is -0.457 e. The van der Waals surface area contributed by atoms with Gasteiger partial charge in [0.25, 0.3) is 0 Å². The lowest BCUT2D eigenvalue weighted by molar-refractivity contribution is -0.154. The second-order valence-corrected chi connectivity index (χ2v) is 17.6. The highest BCUT2D eigenvalue weighted by atomic mass is 16.6. The predicted molar refractivity (Wildman–Crippen MR) is 242 cm³/mol. The third-order valence-corrected chi connectivity index (χ3v) is 11.9. The van der Waals surface area contributed by atoms with Gasteiger partial charge in [0.05, 0.1) is 13.2 Å². The summed E-state index contributed by atoms with van der Waals surface area (Å²) >= 11 is 0. The van der Waals surface area contributed by atoms with Crippen molar-refractivity contribution in [1.29, 1.82) is 0 Å². The second-order valence-electron chi connectivity index (χ2n) is 17.6. The lowest BCUT2D eigenvalue weighted by Crippen LogP contribution is -2.27. The lowest BCUT2D eigenvalue weighted by Gasteiger charge is -2.16. The molecule has 4 heteroatoms. The number of carbonyl (C=O) groups is 1. The molecule has 0 saturated heterocycles. The molecule has 0 amide bonds. The molecule has 0 aliphatic heterocycles. The number of carbonyl (C=O) groups excluding carboxylic acids is 1. The zero-order valence-corrected chi connectivity index (χ0v) is 38.0. The van der Waals surface area contributed by atoms with E-state index < -0.39 is 6.10 Å². The smallest absolute Gasteiger partial charge is 0.306 e. The minimum atomic E-state index is -0.526. The van der Waals surface area contributed by atoms with Crippen molar-refractivity contribution in [3.05, 3.63) is 0 Å². The molecular formula is C51H102O4. The first-order chi connectivity index (χ1) is 27.2. The molecule has 0 aromatic rings. The van der Waals surface area contributed by atoms with E-state index in [0.717, 1.165) is 19.3 Å². The summed E-state index contributed by atoms with van der Waals surface area (Å²) in [5.41, 5.74) is 0. The van der Waals surface area contributed by atoms with Gasteiger partial charge in [-0.15, -0.1) is 0 Å². The molecule has 0 radical (unpaired) electrons. The third-order valence-electron chi connectivity index (χ3n) is 11.9. The highest BCUT2D eigenvalue weighted by Crippen LogP contribution is 2.17. The van der Waals surface area contributed by atoms with E-state index in [-0.39, 0.29) is 12.6 Å². The Morgan fingerprint density at radius 1 is 0.364 bits per heavy atom. The molecular weight excluding hydrogens is 677 g/mol. The number of hydrogen-bond donors (Lipinski definition) is 1. The number of unbranched alkanes of at least 4 members (excludes halogenated alkanes) is 41. The Kier molecular flexibility index (Phi) is 49.0. The number of esters is 1. The van der Waals surface area contributed by atoms with Gasteiger partial charge in [-0.2, -0.15) is 0 Å². The summed E-state index contributed by atoms with van der Waals surface area (Å²) in [6, 6.07) is 0. The topological polar surface area (TPSA) is 55.8 Å². The van der Waals surface area contributed by atoms with Gasteiger partial charge < -0.3 is 14.6 Å². The fourth-order valence-corrected chi connectivity index (χ4v) is 8.10. The Balaban J connectivity index is 3.32. The molecule has 1 unspecified atom stereocenters. The molecule has 0 aliphatic rings. The van der Waals surface area contributed by atoms with Crippen LogP contribution >= 0.6 is 0 Å². The Bertz CT molecular complexity index is 696. The molecule has 1 N–H and O–H groups in total. The van der Waals surface area contributed by atoms with Crippen LogP contribution in [0.4, 0.5) is 0 Å². The molecule has 0 spiro atoms. The van der Waals surface area contributed by atoms with Crippen molar-refractivity contribution in [1.82, 2.24) is 0 Å². The fourth-order valence-electron chi connectivity index (χ4n) is 8.10. The van der Waals surface area contributed by atoms with Gasteiger partial charge in [0, 0.05) is 13.0 Å². The summed E-state index contributed by atoms with van der Waals surface area (Å²) in [4.78, 5) is 12.3. The van der Waals surface area contributed by atoms with Crippen LogP contribution in [-0.2, 0) is 14.3 Å². The molecule has 0 saturated carbocycles. The van der Waals surface area contributed by atoms with Gasteiger partial charge >= 0.3 is 5.97 Å². The first-order valence-electron chi connectivity index (χ1n) is 25.6. The van der Waals surface area contributed by atoms with Crippen LogP contribution in [0.1, 0.15) is 296 Å². The summed E-state index contributed by atoms with van der Waals surface area (Å²) in [6.07, 6.45) is 59.1. The molecule has 0 bridgehead atoms. The van der Waals surface area contributed by atoms with Crippen molar-refractivity contribution in [2.75, 3.05) is 19.8 Å². The Morgan fingerprint density at radius 3 is 0.855 bits per heavy atom. The quantitative estimate of drug-likeness (QED) is 0.0494. The van der Waals surface area contributed by atoms with E-state index in [0.29, 0.717) is 19.6 Å². The molecule has 55 heavy (non-hydrogen) atoms. The largest absolute Gasteiger partial charge is 0.457 e. The fraction of sp³-hybridized carbons (Fsp3) is 0.980. The average molecular weight is 779 g/mol. The summed E-state index contributed by atoms with van der Waals surface area (Å²) in [6.45, 7) is 5.42. The Morgan fingerprint density at radius 2 is 0.600 bits per heavy atom. The number of hydrogen-bond acceptors (Lipinski definition) is 4. The SMILES string of the molecule is CCCCCCCCCCCCCCCCCCCCCCCCOCC(CO)OC(=O)CCCCCCCCCCCCCCCCCCCCCCC. The summed E-state index contributed by atoms with van der Waals surface area (Å²) < 4.78 is 11.2. The summed E-state index contributed by atoms with van der Waals surface area (Å²) in [5.74, 6) is -0.190. The first kappa shape index (κ1) is 54.4. The van der Waals surface area contributed by atoms with Crippen LogP contribution in [0.25, 0.3) is 0 Å². The molecule has 0 fully saturated rings. The normalized spacial score (nSPS) is 12.1. The van der Waals surface area contributed by atoms with Crippen LogP contribution in [0.2, 0.25) is 0 Å². The van der Waals surface area contributed by atoms with Crippen molar-refractivity contribution in [3.63, 3.8) is 0 Å². The van der Waals surface area contributed by atoms with Gasteiger partial charge in [-0.25, -0.2) is 0 Å². The number of aliphatic hydroxyl groups excluding tert-OH is 1. The van der Waals surface area contributed by atoms with E-state index in [9.17, 15) is 9.90 Å². The van der Waals surface area contributed by atoms with Crippen molar-refractivity contribution < 1.29 is 19.4 Å². The van der Waals surface area contributed by atoms with Crippen LogP contribution < -0.4 is 0 Å². The zero-order valence-electron chi connectivity index (χ0n) is 38.0. The molecule has 330 valence electrons. The van der Waals surface area contributed by atoms with E-state index in [1.807, 2.05) is 0 Å². The molecule has 0 aromatic heterocycles. The van der Waals surface area contributed by atoms with Crippen LogP contribution in [0, 0.1) is 0 Å². The second kappa shape index (κ2) is 49.5. The van der Waals surface area contributed by atoms with E-state index in [4.69, 9.17) is 9.47 Å². The van der Waals surface area contributed by atoms with Crippen LogP contribution in [0.3, 0.4) is 0 Å². The number of aliphatic hydroxyl groups is 1. The highest BCUT2D eigenvalue weighted by Gasteiger charge is 2.13. The van der Waals surface area contributed by atoms with E-state index in [2.05, 4.69) is 13.8 Å². The highest BCUT2D eigenvalue weighted by molar-refractivity contribution is 5.69. The maximum Gasteiger partial charge on any atom is 0.306 e. The van der Waals surface area contributed by atoms with Crippen LogP contribution in [0.15, 0.2) is 0 Å². The first-order valence-corrected chi connectivity index (χ1v) is 25.6. The molecule has 1 atom stereocenters. The van der Waals surface area contributed by atoms with Gasteiger partial charge in [0.15, 0.2) is 0 Å². The molecule has 4 nitrogen and oxygen atoms in total. The third kappa shape index (κ3) is 47.7. The lowest BCUT2D eigenvalue weighted by atomic mass is 10.0. The van der Waals surface area contributed by atoms with Gasteiger partial charge in [0.2, 0.25) is 0 Å². The van der Waals surface area contributed by atoms with Crippen molar-refractivity contribution >= 4 is 5.97 Å². The van der Waals surface area contributed by atoms with Gasteiger partial charge in [-0.1, -0.05) is 277 Å². The van der Waals surface area contributed by atoms with E-state index >= 15 is 0 Å². The van der Waals surface area contributed by atoms with Crippen LogP contribution in [0.5, 0.6) is 0 Å². The summed E-state index contributed by atoms with van der Waals surface area (Å²) in [7, 11) is 0. The van der Waals surface area contributed by atoms with E-state index in [1.54, 1.807) is 0 Å². The average Bonchev–Trinajstić information content (AvgIpc) is 3.19. The molecule has 0 heterocycles. The minimum absolute atomic E-state index is 0.162. The maximum atomic E-state index is 12.3. The monoisotopic (exact) mass is 779 g/mol. The molecule has 0 aliphatic carbocycles. The van der Waals surface area contributed by atoms with Gasteiger partial charge in [0.1, 0.15) is 6.10 Å². The van der Waals surface area contributed by atoms with Gasteiger partial charge in [-0.3, -0.25) is 4.79 Å². The number of rotatable bonds is 49. The summed E-state index contributed by atoms with van der Waals surface area (Å²) in [5, 5.41) is 9.65. The van der Waals surface area contributed by atoms with Crippen molar-refractivity contribution in [3.8, 4) is 0 Å². The predicted octanol–water partition coefficient (Wildman–Crippen LogP) is 17.1. The van der Waals surface area contributed by atoms with Gasteiger partial charge in [-0.05, 0) is 12.8 Å². The zero-order chi connectivity index (χ0) is 39.8. The number of ether oxygens (including phenoxy) is 2. The van der Waals surface area contributed by atoms with Crippen molar-refractivity contribution in [2.45, 2.75) is 302 Å². The maximum absolute atomic E-state index is 12.3. The molecule has 0 aromatic carbocycles. The Labute approximate surface area is 346 Å². The van der Waals surface area contributed by atoms with Crippen molar-refractivity contribution in [2.24, 2.45) is 0 Å². The standard InChI is InChI=1S/C51H102O4/c1-3-5-7-9-11-13-15-17-19-21-23-25-27-29-31-33-35-37-39-41-43-45-47-54-49-50(48-52)55-51(53)46-44-42-40-38-36-34-32-30-28-26-24-22-20-18-16-14-12-10-8-6-4-2/h50,52H,3-49H2,1-2H3. The molecule has 0 rings (SSSR count). The Hall–Kier alpha value is -0.610.